The average molecular weight is 403 g/mol. The number of fused-ring (bicyclic) bond motifs is 1. The van der Waals surface area contributed by atoms with Gasteiger partial charge in [0.2, 0.25) is 5.91 Å². The summed E-state index contributed by atoms with van der Waals surface area (Å²) in [5, 5.41) is 11.9. The van der Waals surface area contributed by atoms with E-state index in [-0.39, 0.29) is 18.0 Å². The number of aliphatic carboxylic acids is 1. The first kappa shape index (κ1) is 18.7. The summed E-state index contributed by atoms with van der Waals surface area (Å²) in [6.07, 6.45) is 0. The number of carboxylic acid groups (broad SMARTS) is 1. The molecule has 0 aromatic heterocycles. The third-order valence-corrected chi connectivity index (χ3v) is 6.83. The summed E-state index contributed by atoms with van der Waals surface area (Å²) in [4.78, 5) is 40.3. The van der Waals surface area contributed by atoms with E-state index in [9.17, 15) is 19.5 Å². The number of thioether (sulfide) groups is 1. The molecule has 2 amide bonds. The molecule has 8 nitrogen and oxygen atoms in total. The van der Waals surface area contributed by atoms with Crippen molar-refractivity contribution in [2.75, 3.05) is 11.6 Å². The molecule has 1 aromatic carbocycles. The molecule has 4 rings (SSSR count). The van der Waals surface area contributed by atoms with E-state index in [4.69, 9.17) is 4.74 Å². The summed E-state index contributed by atoms with van der Waals surface area (Å²) in [5.74, 6) is -1.33. The Bertz CT molecular complexity index is 885. The molecule has 2 fully saturated rings. The molecule has 0 spiro atoms. The molecule has 2 N–H and O–H groups in total. The van der Waals surface area contributed by atoms with Gasteiger partial charge in [-0.15, -0.1) is 11.8 Å². The highest BCUT2D eigenvalue weighted by Gasteiger charge is 2.64. The molecule has 148 valence electrons. The van der Waals surface area contributed by atoms with Crippen molar-refractivity contribution in [3.63, 3.8) is 0 Å². The van der Waals surface area contributed by atoms with Crippen LogP contribution in [-0.2, 0) is 19.1 Å². The molecule has 28 heavy (non-hydrogen) atoms. The summed E-state index contributed by atoms with van der Waals surface area (Å²) in [7, 11) is 0. The van der Waals surface area contributed by atoms with Crippen LogP contribution in [-0.4, -0.2) is 56.7 Å². The highest BCUT2D eigenvalue weighted by molar-refractivity contribution is 8.01. The number of ether oxygens (including phenoxy) is 1. The maximum Gasteiger partial charge on any atom is 0.327 e. The Kier molecular flexibility index (Phi) is 4.29. The maximum atomic E-state index is 13.0. The van der Waals surface area contributed by atoms with Crippen molar-refractivity contribution in [1.29, 1.82) is 0 Å². The molecule has 3 aliphatic heterocycles. The first-order valence-electron chi connectivity index (χ1n) is 8.92. The molecule has 0 unspecified atom stereocenters. The highest BCUT2D eigenvalue weighted by atomic mass is 32.2. The lowest BCUT2D eigenvalue weighted by Crippen LogP contribution is -2.70. The first-order valence-corrected chi connectivity index (χ1v) is 9.80. The third-order valence-electron chi connectivity index (χ3n) is 5.26. The van der Waals surface area contributed by atoms with Crippen LogP contribution in [0.15, 0.2) is 41.8 Å². The van der Waals surface area contributed by atoms with E-state index >= 15 is 0 Å². The van der Waals surface area contributed by atoms with Crippen LogP contribution in [0, 0.1) is 0 Å². The molecule has 0 radical (unpaired) electrons. The number of amides is 2. The molecule has 0 saturated carbocycles. The molecular formula is C19H21N3O5S. The van der Waals surface area contributed by atoms with Gasteiger partial charge in [-0.2, -0.15) is 0 Å². The van der Waals surface area contributed by atoms with Crippen LogP contribution in [0.2, 0.25) is 0 Å². The van der Waals surface area contributed by atoms with Crippen molar-refractivity contribution >= 4 is 35.2 Å². The van der Waals surface area contributed by atoms with Crippen LogP contribution in [0.3, 0.4) is 0 Å². The van der Waals surface area contributed by atoms with Crippen molar-refractivity contribution in [2.24, 2.45) is 0 Å². The van der Waals surface area contributed by atoms with Gasteiger partial charge in [-0.3, -0.25) is 9.59 Å². The standard InChI is InChI=1S/C19H21N3O5S/c1-10-13(21(9-27-10)11-7-5-4-6-8-11)15(23)20-12-16(24)22-14(18(25)26)19(2,3)28-17(12)22/h4-8,12,14,17H,9H2,1-3H3,(H,20,23)(H,25,26)/t12-,14+,17-/m1/s1. The van der Waals surface area contributed by atoms with Gasteiger partial charge >= 0.3 is 5.97 Å². The number of nitrogens with zero attached hydrogens (tertiary/aromatic N) is 2. The number of benzene rings is 1. The van der Waals surface area contributed by atoms with Gasteiger partial charge in [-0.05, 0) is 32.9 Å². The van der Waals surface area contributed by atoms with Crippen molar-refractivity contribution < 1.29 is 24.2 Å². The van der Waals surface area contributed by atoms with E-state index in [2.05, 4.69) is 5.32 Å². The van der Waals surface area contributed by atoms with E-state index in [1.807, 2.05) is 30.3 Å². The smallest absolute Gasteiger partial charge is 0.327 e. The highest BCUT2D eigenvalue weighted by Crippen LogP contribution is 2.50. The fraction of sp³-hybridized carbons (Fsp3) is 0.421. The number of nitrogens with one attached hydrogen (secondary N) is 1. The monoisotopic (exact) mass is 403 g/mol. The number of carbonyl (C=O) groups excluding carboxylic acids is 2. The Hall–Kier alpha value is -2.68. The molecule has 0 aliphatic carbocycles. The number of carbonyl (C=O) groups is 3. The largest absolute Gasteiger partial charge is 0.480 e. The predicted molar refractivity (Wildman–Crippen MR) is 103 cm³/mol. The van der Waals surface area contributed by atoms with Gasteiger partial charge in [-0.1, -0.05) is 18.2 Å². The van der Waals surface area contributed by atoms with Gasteiger partial charge in [-0.25, -0.2) is 4.79 Å². The van der Waals surface area contributed by atoms with Gasteiger partial charge < -0.3 is 25.0 Å². The number of carboxylic acids is 1. The first-order chi connectivity index (χ1) is 13.2. The van der Waals surface area contributed by atoms with Gasteiger partial charge in [0.15, 0.2) is 6.73 Å². The van der Waals surface area contributed by atoms with Crippen LogP contribution >= 0.6 is 11.8 Å². The second kappa shape index (κ2) is 6.44. The predicted octanol–water partition coefficient (Wildman–Crippen LogP) is 1.34. The number of hydrogen-bond donors (Lipinski definition) is 2. The number of anilines is 1. The fourth-order valence-corrected chi connectivity index (χ4v) is 5.56. The molecule has 1 aromatic rings. The second-order valence-electron chi connectivity index (χ2n) is 7.49. The number of β-lactam (4-membered cyclic amide) rings is 1. The minimum absolute atomic E-state index is 0.218. The Morgan fingerprint density at radius 3 is 2.61 bits per heavy atom. The number of hydrogen-bond acceptors (Lipinski definition) is 6. The van der Waals surface area contributed by atoms with Gasteiger partial charge in [0.05, 0.1) is 0 Å². The zero-order chi connectivity index (χ0) is 20.2. The lowest BCUT2D eigenvalue weighted by Gasteiger charge is -2.43. The molecular weight excluding hydrogens is 382 g/mol. The van der Waals surface area contributed by atoms with Gasteiger partial charge in [0.1, 0.15) is 28.9 Å². The Labute approximate surface area is 166 Å². The summed E-state index contributed by atoms with van der Waals surface area (Å²) in [6.45, 7) is 5.53. The molecule has 0 bridgehead atoms. The molecule has 3 atom stereocenters. The average Bonchev–Trinajstić information content (AvgIpc) is 3.15. The lowest BCUT2D eigenvalue weighted by atomic mass is 9.96. The van der Waals surface area contributed by atoms with Gasteiger partial charge in [0.25, 0.3) is 5.91 Å². The quantitative estimate of drug-likeness (QED) is 0.732. The van der Waals surface area contributed by atoms with Crippen LogP contribution in [0.4, 0.5) is 5.69 Å². The maximum absolute atomic E-state index is 13.0. The minimum Gasteiger partial charge on any atom is -0.480 e. The summed E-state index contributed by atoms with van der Waals surface area (Å²) in [5.41, 5.74) is 1.17. The van der Waals surface area contributed by atoms with Crippen molar-refractivity contribution in [1.82, 2.24) is 10.2 Å². The summed E-state index contributed by atoms with van der Waals surface area (Å²) < 4.78 is 4.92. The Balaban J connectivity index is 1.53. The Morgan fingerprint density at radius 1 is 1.29 bits per heavy atom. The van der Waals surface area contributed by atoms with E-state index in [1.54, 1.807) is 25.7 Å². The number of allylic oxidation sites excluding steroid dienone is 1. The number of rotatable bonds is 4. The van der Waals surface area contributed by atoms with Crippen LogP contribution < -0.4 is 10.2 Å². The molecule has 3 heterocycles. The van der Waals surface area contributed by atoms with E-state index in [1.165, 1.54) is 16.7 Å². The fourth-order valence-electron chi connectivity index (χ4n) is 3.93. The third kappa shape index (κ3) is 2.72. The van der Waals surface area contributed by atoms with Crippen molar-refractivity contribution in [3.8, 4) is 0 Å². The normalized spacial score (nSPS) is 28.0. The molecule has 3 aliphatic rings. The van der Waals surface area contributed by atoms with E-state index < -0.39 is 28.7 Å². The Morgan fingerprint density at radius 2 is 1.96 bits per heavy atom. The second-order valence-corrected chi connectivity index (χ2v) is 9.26. The van der Waals surface area contributed by atoms with E-state index in [0.29, 0.717) is 11.5 Å². The minimum atomic E-state index is -1.03. The van der Waals surface area contributed by atoms with Crippen LogP contribution in [0.1, 0.15) is 20.8 Å². The number of para-hydroxylation sites is 1. The van der Waals surface area contributed by atoms with E-state index in [0.717, 1.165) is 5.69 Å². The summed E-state index contributed by atoms with van der Waals surface area (Å²) in [6, 6.07) is 7.72. The topological polar surface area (TPSA) is 99.2 Å². The van der Waals surface area contributed by atoms with Crippen LogP contribution in [0.25, 0.3) is 0 Å². The van der Waals surface area contributed by atoms with Crippen molar-refractivity contribution in [2.45, 2.75) is 43.0 Å². The molecule has 2 saturated heterocycles. The molecule has 9 heteroatoms. The zero-order valence-electron chi connectivity index (χ0n) is 15.7. The van der Waals surface area contributed by atoms with Crippen molar-refractivity contribution in [3.05, 3.63) is 41.8 Å². The summed E-state index contributed by atoms with van der Waals surface area (Å²) >= 11 is 1.40. The SMILES string of the molecule is CC1=C(C(=O)N[C@@H]2C(=O)N3[C@@H]2SC(C)(C)[C@@H]3C(=O)O)N(c2ccccc2)CO1. The zero-order valence-corrected chi connectivity index (χ0v) is 16.5. The lowest BCUT2D eigenvalue weighted by molar-refractivity contribution is -0.160. The van der Waals surface area contributed by atoms with Crippen LogP contribution in [0.5, 0.6) is 0 Å². The van der Waals surface area contributed by atoms with Gasteiger partial charge in [0, 0.05) is 10.4 Å².